The number of ether oxygens (including phenoxy) is 1. The molecule has 5 rings (SSSR count). The summed E-state index contributed by atoms with van der Waals surface area (Å²) in [6, 6.07) is 16.0. The highest BCUT2D eigenvalue weighted by atomic mass is 16.6. The van der Waals surface area contributed by atoms with E-state index in [1.54, 1.807) is 19.0 Å². The first-order chi connectivity index (χ1) is 16.8. The first-order valence-electron chi connectivity index (χ1n) is 12.2. The van der Waals surface area contributed by atoms with E-state index in [9.17, 15) is 19.5 Å². The van der Waals surface area contributed by atoms with Crippen LogP contribution in [0.5, 0.6) is 0 Å². The highest BCUT2D eigenvalue weighted by molar-refractivity contribution is 5.86. The second-order valence-electron chi connectivity index (χ2n) is 9.91. The first kappa shape index (κ1) is 23.2. The predicted octanol–water partition coefficient (Wildman–Crippen LogP) is 4.00. The summed E-state index contributed by atoms with van der Waals surface area (Å²) in [7, 11) is 3.35. The first-order valence-corrected chi connectivity index (χ1v) is 12.2. The van der Waals surface area contributed by atoms with Crippen molar-refractivity contribution in [3.8, 4) is 11.1 Å². The van der Waals surface area contributed by atoms with E-state index in [2.05, 4.69) is 24.3 Å². The number of carboxylic acid groups (broad SMARTS) is 1. The van der Waals surface area contributed by atoms with Crippen LogP contribution in [0.1, 0.15) is 42.7 Å². The lowest BCUT2D eigenvalue weighted by molar-refractivity contribution is -0.154. The van der Waals surface area contributed by atoms with Crippen molar-refractivity contribution in [3.63, 3.8) is 0 Å². The number of aliphatic carboxylic acids is 1. The number of carbonyl (C=O) groups excluding carboxylic acids is 2. The van der Waals surface area contributed by atoms with Gasteiger partial charge in [0, 0.05) is 39.1 Å². The fourth-order valence-electron chi connectivity index (χ4n) is 5.58. The lowest BCUT2D eigenvalue weighted by Crippen LogP contribution is -2.63. The van der Waals surface area contributed by atoms with E-state index in [0.717, 1.165) is 35.1 Å². The van der Waals surface area contributed by atoms with Crippen molar-refractivity contribution in [2.75, 3.05) is 33.8 Å². The maximum Gasteiger partial charge on any atom is 0.411 e. The zero-order valence-corrected chi connectivity index (χ0v) is 20.1. The number of nitrogens with zero attached hydrogens (tertiary/aromatic N) is 3. The predicted molar refractivity (Wildman–Crippen MR) is 130 cm³/mol. The van der Waals surface area contributed by atoms with E-state index < -0.39 is 17.6 Å². The van der Waals surface area contributed by atoms with Crippen LogP contribution in [0.15, 0.2) is 48.5 Å². The van der Waals surface area contributed by atoms with Gasteiger partial charge in [-0.2, -0.15) is 0 Å². The van der Waals surface area contributed by atoms with Gasteiger partial charge in [0.05, 0.1) is 0 Å². The summed E-state index contributed by atoms with van der Waals surface area (Å²) < 4.78 is 5.88. The van der Waals surface area contributed by atoms with Crippen LogP contribution in [0.4, 0.5) is 9.59 Å². The normalized spacial score (nSPS) is 18.4. The number of urea groups is 1. The Bertz CT molecular complexity index is 1110. The lowest BCUT2D eigenvalue weighted by atomic mass is 9.85. The largest absolute Gasteiger partial charge is 0.479 e. The van der Waals surface area contributed by atoms with Gasteiger partial charge in [-0.3, -0.25) is 4.90 Å². The van der Waals surface area contributed by atoms with Gasteiger partial charge in [0.2, 0.25) is 0 Å². The van der Waals surface area contributed by atoms with Crippen molar-refractivity contribution in [3.05, 3.63) is 59.7 Å². The van der Waals surface area contributed by atoms with E-state index >= 15 is 0 Å². The number of carboxylic acids is 1. The molecule has 1 N–H and O–H groups in total. The maximum absolute atomic E-state index is 13.5. The minimum Gasteiger partial charge on any atom is -0.479 e. The van der Waals surface area contributed by atoms with Crippen LogP contribution in [0.2, 0.25) is 0 Å². The van der Waals surface area contributed by atoms with Crippen molar-refractivity contribution >= 4 is 18.1 Å². The number of rotatable bonds is 5. The van der Waals surface area contributed by atoms with Crippen LogP contribution in [0.3, 0.4) is 0 Å². The molecule has 1 saturated heterocycles. The van der Waals surface area contributed by atoms with Gasteiger partial charge in [-0.05, 0) is 47.9 Å². The van der Waals surface area contributed by atoms with E-state index in [1.165, 1.54) is 9.80 Å². The number of carbonyl (C=O) groups is 3. The number of piperidine rings is 1. The molecule has 2 aliphatic carbocycles. The van der Waals surface area contributed by atoms with Crippen LogP contribution in [0.25, 0.3) is 11.1 Å². The molecule has 1 aliphatic heterocycles. The summed E-state index contributed by atoms with van der Waals surface area (Å²) in [5.41, 5.74) is 3.14. The molecule has 0 unspecified atom stereocenters. The van der Waals surface area contributed by atoms with Gasteiger partial charge in [-0.15, -0.1) is 0 Å². The van der Waals surface area contributed by atoms with Crippen LogP contribution in [-0.4, -0.2) is 83.3 Å². The van der Waals surface area contributed by atoms with Crippen molar-refractivity contribution in [1.82, 2.24) is 14.7 Å². The van der Waals surface area contributed by atoms with Crippen molar-refractivity contribution < 1.29 is 24.2 Å². The monoisotopic (exact) mass is 477 g/mol. The van der Waals surface area contributed by atoms with Gasteiger partial charge in [0.15, 0.2) is 0 Å². The van der Waals surface area contributed by atoms with E-state index in [-0.39, 0.29) is 50.5 Å². The summed E-state index contributed by atoms with van der Waals surface area (Å²) in [5.74, 6) is -1.12. The van der Waals surface area contributed by atoms with Crippen LogP contribution in [-0.2, 0) is 9.53 Å². The molecule has 0 aromatic heterocycles. The Morgan fingerprint density at radius 2 is 1.51 bits per heavy atom. The second-order valence-corrected chi connectivity index (χ2v) is 9.91. The van der Waals surface area contributed by atoms with E-state index in [0.29, 0.717) is 0 Å². The molecule has 1 heterocycles. The summed E-state index contributed by atoms with van der Waals surface area (Å²) in [4.78, 5) is 43.1. The van der Waals surface area contributed by atoms with Crippen LogP contribution >= 0.6 is 0 Å². The van der Waals surface area contributed by atoms with E-state index in [4.69, 9.17) is 4.74 Å². The summed E-state index contributed by atoms with van der Waals surface area (Å²) >= 11 is 0. The Morgan fingerprint density at radius 3 is 2.00 bits per heavy atom. The van der Waals surface area contributed by atoms with Crippen molar-refractivity contribution in [2.24, 2.45) is 0 Å². The highest BCUT2D eigenvalue weighted by Gasteiger charge is 2.54. The molecule has 2 fully saturated rings. The number of likely N-dealkylation sites (tertiary alicyclic amines) is 1. The molecule has 3 amide bonds. The molecule has 0 spiro atoms. The molecule has 184 valence electrons. The lowest BCUT2D eigenvalue weighted by Gasteiger charge is -2.45. The Labute approximate surface area is 205 Å². The zero-order valence-electron chi connectivity index (χ0n) is 20.1. The molecule has 2 aromatic rings. The fourth-order valence-corrected chi connectivity index (χ4v) is 5.58. The van der Waals surface area contributed by atoms with Gasteiger partial charge in [-0.1, -0.05) is 48.5 Å². The molecule has 0 atom stereocenters. The third-order valence-corrected chi connectivity index (χ3v) is 7.55. The van der Waals surface area contributed by atoms with Gasteiger partial charge in [0.1, 0.15) is 12.1 Å². The summed E-state index contributed by atoms with van der Waals surface area (Å²) in [6.45, 7) is 0.712. The SMILES string of the molecule is CN(C)C(=O)N1CCC(C(=O)O)(N(C(=O)OCC2c3ccccc3-c3ccccc32)C2CC2)CC1. The van der Waals surface area contributed by atoms with E-state index in [1.807, 2.05) is 24.3 Å². The van der Waals surface area contributed by atoms with Gasteiger partial charge in [0.25, 0.3) is 0 Å². The number of benzene rings is 2. The van der Waals surface area contributed by atoms with Crippen molar-refractivity contribution in [2.45, 2.75) is 43.2 Å². The van der Waals surface area contributed by atoms with Crippen molar-refractivity contribution in [1.29, 1.82) is 0 Å². The molecule has 0 radical (unpaired) electrons. The van der Waals surface area contributed by atoms with Gasteiger partial charge >= 0.3 is 18.1 Å². The molecule has 8 nitrogen and oxygen atoms in total. The maximum atomic E-state index is 13.5. The third-order valence-electron chi connectivity index (χ3n) is 7.55. The molecule has 35 heavy (non-hydrogen) atoms. The standard InChI is InChI=1S/C27H31N3O5/c1-28(2)25(33)29-15-13-27(14-16-29,24(31)32)30(18-11-12-18)26(34)35-17-23-21-9-5-3-7-19(21)20-8-4-6-10-22(20)23/h3-10,18,23H,11-17H2,1-2H3,(H,31,32). The van der Waals surface area contributed by atoms with Gasteiger partial charge in [-0.25, -0.2) is 14.4 Å². The Hall–Kier alpha value is -3.55. The Morgan fingerprint density at radius 1 is 0.971 bits per heavy atom. The Kier molecular flexibility index (Phi) is 5.91. The average molecular weight is 478 g/mol. The Balaban J connectivity index is 1.35. The molecule has 0 bridgehead atoms. The molecular weight excluding hydrogens is 446 g/mol. The second kappa shape index (κ2) is 8.91. The fraction of sp³-hybridized carbons (Fsp3) is 0.444. The minimum absolute atomic E-state index is 0.0901. The topological polar surface area (TPSA) is 90.4 Å². The highest BCUT2D eigenvalue weighted by Crippen LogP contribution is 2.45. The molecule has 8 heteroatoms. The number of hydrogen-bond acceptors (Lipinski definition) is 4. The average Bonchev–Trinajstić information content (AvgIpc) is 3.64. The van der Waals surface area contributed by atoms with Crippen LogP contribution in [0, 0.1) is 0 Å². The smallest absolute Gasteiger partial charge is 0.411 e. The quantitative estimate of drug-likeness (QED) is 0.703. The third kappa shape index (κ3) is 4.00. The molecule has 2 aromatic carbocycles. The molecular formula is C27H31N3O5. The minimum atomic E-state index is -1.37. The number of amides is 3. The zero-order chi connectivity index (χ0) is 24.7. The summed E-state index contributed by atoms with van der Waals surface area (Å²) in [5, 5.41) is 10.3. The van der Waals surface area contributed by atoms with Crippen LogP contribution < -0.4 is 0 Å². The molecule has 3 aliphatic rings. The number of hydrogen-bond donors (Lipinski definition) is 1. The molecule has 1 saturated carbocycles. The summed E-state index contributed by atoms with van der Waals surface area (Å²) in [6.07, 6.45) is 1.31. The van der Waals surface area contributed by atoms with Gasteiger partial charge < -0.3 is 19.6 Å². The number of fused-ring (bicyclic) bond motifs is 3.